The molecule has 0 aromatic heterocycles. The van der Waals surface area contributed by atoms with Gasteiger partial charge in [-0.15, -0.1) is 0 Å². The molecule has 2 amide bonds. The van der Waals surface area contributed by atoms with E-state index in [-0.39, 0.29) is 29.9 Å². The van der Waals surface area contributed by atoms with Crippen molar-refractivity contribution in [2.45, 2.75) is 51.2 Å². The van der Waals surface area contributed by atoms with Crippen LogP contribution in [0.15, 0.2) is 0 Å². The molecular formula is C15H28N4O2. The summed E-state index contributed by atoms with van der Waals surface area (Å²) in [7, 11) is 2.08. The molecule has 0 aliphatic carbocycles. The van der Waals surface area contributed by atoms with Gasteiger partial charge in [-0.2, -0.15) is 0 Å². The van der Waals surface area contributed by atoms with E-state index in [1.165, 1.54) is 0 Å². The summed E-state index contributed by atoms with van der Waals surface area (Å²) in [6.45, 7) is 7.07. The van der Waals surface area contributed by atoms with Crippen molar-refractivity contribution in [1.29, 1.82) is 0 Å². The third-order valence-corrected chi connectivity index (χ3v) is 4.89. The van der Waals surface area contributed by atoms with E-state index in [1.54, 1.807) is 0 Å². The molecule has 2 aliphatic heterocycles. The summed E-state index contributed by atoms with van der Waals surface area (Å²) in [5.74, 6) is 0.312. The standard InChI is InChI=1S/C15H28N4O2/c1-4-19(5-2)13(20)7-6-11-10-17-15(21)14-12(18(11)3)8-9-16-14/h11-12,14,16H,4-10H2,1-3H3,(H,17,21)/t11-,12+,14-/m0/s1. The van der Waals surface area contributed by atoms with Gasteiger partial charge in [0.2, 0.25) is 11.8 Å². The highest BCUT2D eigenvalue weighted by Crippen LogP contribution is 2.21. The minimum absolute atomic E-state index is 0.0986. The summed E-state index contributed by atoms with van der Waals surface area (Å²) in [5.41, 5.74) is 0. The van der Waals surface area contributed by atoms with Crippen LogP contribution in [0.4, 0.5) is 0 Å². The number of hydrogen-bond donors (Lipinski definition) is 2. The summed E-state index contributed by atoms with van der Waals surface area (Å²) in [6, 6.07) is 0.392. The van der Waals surface area contributed by atoms with E-state index in [4.69, 9.17) is 0 Å². The van der Waals surface area contributed by atoms with Crippen molar-refractivity contribution in [3.63, 3.8) is 0 Å². The molecule has 2 fully saturated rings. The Kier molecular flexibility index (Phi) is 5.58. The number of fused-ring (bicyclic) bond motifs is 1. The fourth-order valence-corrected chi connectivity index (χ4v) is 3.47. The zero-order valence-corrected chi connectivity index (χ0v) is 13.4. The molecule has 21 heavy (non-hydrogen) atoms. The molecule has 0 aromatic carbocycles. The number of carbonyl (C=O) groups excluding carboxylic acids is 2. The zero-order valence-electron chi connectivity index (χ0n) is 13.4. The molecule has 2 heterocycles. The Morgan fingerprint density at radius 2 is 2.10 bits per heavy atom. The van der Waals surface area contributed by atoms with Gasteiger partial charge in [-0.3, -0.25) is 14.5 Å². The number of likely N-dealkylation sites (N-methyl/N-ethyl adjacent to an activating group) is 1. The molecule has 0 aromatic rings. The number of carbonyl (C=O) groups is 2. The summed E-state index contributed by atoms with van der Waals surface area (Å²) in [6.07, 6.45) is 2.35. The average molecular weight is 296 g/mol. The van der Waals surface area contributed by atoms with Crippen molar-refractivity contribution in [3.05, 3.63) is 0 Å². The Morgan fingerprint density at radius 3 is 2.76 bits per heavy atom. The lowest BCUT2D eigenvalue weighted by molar-refractivity contribution is -0.131. The first kappa shape index (κ1) is 16.2. The van der Waals surface area contributed by atoms with Crippen LogP contribution in [0.25, 0.3) is 0 Å². The van der Waals surface area contributed by atoms with E-state index in [9.17, 15) is 9.59 Å². The Bertz CT molecular complexity index is 384. The second-order valence-electron chi connectivity index (χ2n) is 5.96. The molecule has 2 aliphatic rings. The van der Waals surface area contributed by atoms with Crippen molar-refractivity contribution in [2.24, 2.45) is 0 Å². The van der Waals surface area contributed by atoms with Gasteiger partial charge in [0.05, 0.1) is 0 Å². The van der Waals surface area contributed by atoms with Gasteiger partial charge < -0.3 is 15.5 Å². The topological polar surface area (TPSA) is 64.7 Å². The van der Waals surface area contributed by atoms with Crippen LogP contribution in [0.3, 0.4) is 0 Å². The van der Waals surface area contributed by atoms with Crippen LogP contribution in [0, 0.1) is 0 Å². The average Bonchev–Trinajstić information content (AvgIpc) is 2.93. The summed E-state index contributed by atoms with van der Waals surface area (Å²) in [4.78, 5) is 28.4. The van der Waals surface area contributed by atoms with E-state index in [0.29, 0.717) is 13.0 Å². The monoisotopic (exact) mass is 296 g/mol. The molecule has 2 saturated heterocycles. The quantitative estimate of drug-likeness (QED) is 0.737. The second-order valence-corrected chi connectivity index (χ2v) is 5.96. The Labute approximate surface area is 127 Å². The van der Waals surface area contributed by atoms with Gasteiger partial charge >= 0.3 is 0 Å². The molecule has 2 rings (SSSR count). The van der Waals surface area contributed by atoms with Gasteiger partial charge in [-0.05, 0) is 40.3 Å². The predicted molar refractivity (Wildman–Crippen MR) is 81.9 cm³/mol. The van der Waals surface area contributed by atoms with E-state index in [1.807, 2.05) is 18.7 Å². The molecule has 0 bridgehead atoms. The van der Waals surface area contributed by atoms with Crippen molar-refractivity contribution in [3.8, 4) is 0 Å². The highest BCUT2D eigenvalue weighted by Gasteiger charge is 2.40. The first-order valence-corrected chi connectivity index (χ1v) is 8.09. The third kappa shape index (κ3) is 3.55. The summed E-state index contributed by atoms with van der Waals surface area (Å²) >= 11 is 0. The van der Waals surface area contributed by atoms with Gasteiger partial charge in [0.15, 0.2) is 0 Å². The molecule has 6 nitrogen and oxygen atoms in total. The minimum Gasteiger partial charge on any atom is -0.353 e. The molecule has 0 unspecified atom stereocenters. The van der Waals surface area contributed by atoms with Gasteiger partial charge in [-0.25, -0.2) is 0 Å². The second kappa shape index (κ2) is 7.22. The number of hydrogen-bond acceptors (Lipinski definition) is 4. The number of rotatable bonds is 5. The Morgan fingerprint density at radius 1 is 1.38 bits per heavy atom. The molecular weight excluding hydrogens is 268 g/mol. The predicted octanol–water partition coefficient (Wildman–Crippen LogP) is -0.204. The lowest BCUT2D eigenvalue weighted by Crippen LogP contribution is -2.48. The van der Waals surface area contributed by atoms with Gasteiger partial charge in [0.25, 0.3) is 0 Å². The highest BCUT2D eigenvalue weighted by molar-refractivity contribution is 5.83. The molecule has 0 radical (unpaired) electrons. The number of nitrogens with one attached hydrogen (secondary N) is 2. The number of nitrogens with zero attached hydrogens (tertiary/aromatic N) is 2. The molecule has 2 N–H and O–H groups in total. The maximum Gasteiger partial charge on any atom is 0.238 e. The highest BCUT2D eigenvalue weighted by atomic mass is 16.2. The summed E-state index contributed by atoms with van der Waals surface area (Å²) < 4.78 is 0. The van der Waals surface area contributed by atoms with E-state index in [2.05, 4.69) is 22.6 Å². The molecule has 120 valence electrons. The first-order chi connectivity index (χ1) is 10.1. The van der Waals surface area contributed by atoms with Crippen LogP contribution in [0.5, 0.6) is 0 Å². The number of amides is 2. The third-order valence-electron chi connectivity index (χ3n) is 4.89. The van der Waals surface area contributed by atoms with Crippen LogP contribution < -0.4 is 10.6 Å². The SMILES string of the molecule is CCN(CC)C(=O)CC[C@H]1CNC(=O)[C@H]2NCC[C@H]2N1C. The first-order valence-electron chi connectivity index (χ1n) is 8.09. The van der Waals surface area contributed by atoms with Gasteiger partial charge in [-0.1, -0.05) is 0 Å². The fourth-order valence-electron chi connectivity index (χ4n) is 3.47. The van der Waals surface area contributed by atoms with Gasteiger partial charge in [0.1, 0.15) is 6.04 Å². The fraction of sp³-hybridized carbons (Fsp3) is 0.867. The molecule has 0 saturated carbocycles. The Hall–Kier alpha value is -1.14. The van der Waals surface area contributed by atoms with Crippen molar-refractivity contribution >= 4 is 11.8 Å². The smallest absolute Gasteiger partial charge is 0.238 e. The maximum absolute atomic E-state index is 12.1. The van der Waals surface area contributed by atoms with E-state index >= 15 is 0 Å². The van der Waals surface area contributed by atoms with Gasteiger partial charge in [0, 0.05) is 38.1 Å². The minimum atomic E-state index is -0.0986. The zero-order chi connectivity index (χ0) is 15.4. The molecule has 0 spiro atoms. The molecule has 3 atom stereocenters. The van der Waals surface area contributed by atoms with Crippen LogP contribution in [-0.4, -0.2) is 73.0 Å². The van der Waals surface area contributed by atoms with Crippen LogP contribution in [-0.2, 0) is 9.59 Å². The van der Waals surface area contributed by atoms with Crippen molar-refractivity contribution < 1.29 is 9.59 Å². The Balaban J connectivity index is 1.93. The lowest BCUT2D eigenvalue weighted by Gasteiger charge is -2.32. The van der Waals surface area contributed by atoms with Crippen LogP contribution in [0.2, 0.25) is 0 Å². The molecule has 6 heteroatoms. The summed E-state index contributed by atoms with van der Waals surface area (Å²) in [5, 5.41) is 6.28. The van der Waals surface area contributed by atoms with E-state index in [0.717, 1.165) is 32.5 Å². The lowest BCUT2D eigenvalue weighted by atomic mass is 10.0. The maximum atomic E-state index is 12.1. The van der Waals surface area contributed by atoms with Crippen LogP contribution >= 0.6 is 0 Å². The van der Waals surface area contributed by atoms with Crippen molar-refractivity contribution in [1.82, 2.24) is 20.4 Å². The normalized spacial score (nSPS) is 29.7. The largest absolute Gasteiger partial charge is 0.353 e. The van der Waals surface area contributed by atoms with Crippen LogP contribution in [0.1, 0.15) is 33.1 Å². The van der Waals surface area contributed by atoms with E-state index < -0.39 is 0 Å². The van der Waals surface area contributed by atoms with Crippen molar-refractivity contribution in [2.75, 3.05) is 33.2 Å².